The molecule has 1 aromatic rings. The first-order valence-electron chi connectivity index (χ1n) is 6.08. The second kappa shape index (κ2) is 5.77. The Kier molecular flexibility index (Phi) is 4.09. The summed E-state index contributed by atoms with van der Waals surface area (Å²) in [6.45, 7) is 1.84. The zero-order chi connectivity index (χ0) is 13.0. The number of nitrogens with one attached hydrogen (secondary N) is 2. The van der Waals surface area contributed by atoms with E-state index in [1.165, 1.54) is 6.07 Å². The van der Waals surface area contributed by atoms with Gasteiger partial charge >= 0.3 is 5.69 Å². The van der Waals surface area contributed by atoms with Crippen LogP contribution in [-0.2, 0) is 0 Å². The molecule has 6 heteroatoms. The first kappa shape index (κ1) is 12.8. The minimum atomic E-state index is -0.795. The maximum Gasteiger partial charge on any atom is 0.327 e. The van der Waals surface area contributed by atoms with Crippen molar-refractivity contribution in [3.8, 4) is 0 Å². The smallest absolute Gasteiger partial charge is 0.327 e. The van der Waals surface area contributed by atoms with Crippen molar-refractivity contribution in [3.05, 3.63) is 34.1 Å². The Bertz CT molecular complexity index is 431. The molecule has 98 valence electrons. The fourth-order valence-corrected chi connectivity index (χ4v) is 2.20. The molecule has 2 rings (SSSR count). The zero-order valence-corrected chi connectivity index (χ0v) is 9.99. The number of para-hydroxylation sites is 1. The van der Waals surface area contributed by atoms with Gasteiger partial charge in [0, 0.05) is 6.04 Å². The van der Waals surface area contributed by atoms with Crippen LogP contribution in [0.4, 0.5) is 15.8 Å². The number of benzene rings is 1. The second-order valence-electron chi connectivity index (χ2n) is 4.42. The molecule has 5 nitrogen and oxygen atoms in total. The van der Waals surface area contributed by atoms with E-state index in [1.807, 2.05) is 0 Å². The number of nitro benzene ring substituents is 1. The van der Waals surface area contributed by atoms with Crippen molar-refractivity contribution in [2.45, 2.75) is 25.3 Å². The molecule has 2 N–H and O–H groups in total. The molecule has 0 spiro atoms. The molecular weight excluding hydrogens is 237 g/mol. The van der Waals surface area contributed by atoms with Gasteiger partial charge in [0.1, 0.15) is 5.69 Å². The maximum atomic E-state index is 13.4. The van der Waals surface area contributed by atoms with Crippen molar-refractivity contribution in [1.29, 1.82) is 0 Å². The lowest BCUT2D eigenvalue weighted by Crippen LogP contribution is -2.22. The normalized spacial score (nSPS) is 20.2. The lowest BCUT2D eigenvalue weighted by molar-refractivity contribution is -0.386. The molecule has 0 bridgehead atoms. The standard InChI is InChI=1S/C12H16FN3O2/c13-10-4-1-5-11(12(10)16(17)18)15-9-3-2-7-14-8-6-9/h1,4-5,9,14-15H,2-3,6-8H2. The molecule has 1 fully saturated rings. The molecule has 0 aliphatic carbocycles. The predicted molar refractivity (Wildman–Crippen MR) is 67.2 cm³/mol. The summed E-state index contributed by atoms with van der Waals surface area (Å²) in [5.41, 5.74) is -0.193. The van der Waals surface area contributed by atoms with Crippen molar-refractivity contribution in [3.63, 3.8) is 0 Å². The average Bonchev–Trinajstić information content (AvgIpc) is 2.57. The van der Waals surface area contributed by atoms with Crippen molar-refractivity contribution in [2.24, 2.45) is 0 Å². The second-order valence-corrected chi connectivity index (χ2v) is 4.42. The fraction of sp³-hybridized carbons (Fsp3) is 0.500. The third-order valence-corrected chi connectivity index (χ3v) is 3.10. The summed E-state index contributed by atoms with van der Waals surface area (Å²) < 4.78 is 13.4. The average molecular weight is 253 g/mol. The molecule has 0 amide bonds. The third-order valence-electron chi connectivity index (χ3n) is 3.10. The fourth-order valence-electron chi connectivity index (χ4n) is 2.20. The molecule has 1 aliphatic rings. The van der Waals surface area contributed by atoms with E-state index < -0.39 is 16.4 Å². The topological polar surface area (TPSA) is 67.2 Å². The van der Waals surface area contributed by atoms with E-state index in [-0.39, 0.29) is 11.7 Å². The van der Waals surface area contributed by atoms with E-state index in [0.717, 1.165) is 38.4 Å². The lowest BCUT2D eigenvalue weighted by Gasteiger charge is -2.17. The molecule has 0 aromatic heterocycles. The Labute approximate surface area is 105 Å². The molecule has 1 atom stereocenters. The number of halogens is 1. The van der Waals surface area contributed by atoms with Crippen LogP contribution in [0.25, 0.3) is 0 Å². The summed E-state index contributed by atoms with van der Waals surface area (Å²) in [6.07, 6.45) is 2.83. The number of anilines is 1. The van der Waals surface area contributed by atoms with E-state index in [0.29, 0.717) is 0 Å². The Hall–Kier alpha value is -1.69. The Balaban J connectivity index is 2.17. The van der Waals surface area contributed by atoms with Crippen molar-refractivity contribution >= 4 is 11.4 Å². The van der Waals surface area contributed by atoms with Crippen LogP contribution < -0.4 is 10.6 Å². The van der Waals surface area contributed by atoms with Gasteiger partial charge in [0.25, 0.3) is 0 Å². The predicted octanol–water partition coefficient (Wildman–Crippen LogP) is 2.29. The van der Waals surface area contributed by atoms with E-state index in [9.17, 15) is 14.5 Å². The van der Waals surface area contributed by atoms with Crippen LogP contribution in [0.2, 0.25) is 0 Å². The number of nitro groups is 1. The van der Waals surface area contributed by atoms with Crippen LogP contribution in [0.5, 0.6) is 0 Å². The van der Waals surface area contributed by atoms with E-state index in [4.69, 9.17) is 0 Å². The highest BCUT2D eigenvalue weighted by Crippen LogP contribution is 2.28. The Morgan fingerprint density at radius 3 is 3.00 bits per heavy atom. The summed E-state index contributed by atoms with van der Waals surface area (Å²) in [5.74, 6) is -0.795. The Morgan fingerprint density at radius 2 is 2.22 bits per heavy atom. The molecule has 1 heterocycles. The van der Waals surface area contributed by atoms with Crippen molar-refractivity contribution in [2.75, 3.05) is 18.4 Å². The highest BCUT2D eigenvalue weighted by molar-refractivity contribution is 5.62. The highest BCUT2D eigenvalue weighted by atomic mass is 19.1. The SMILES string of the molecule is O=[N+]([O-])c1c(F)cccc1NC1CCCNCC1. The van der Waals surface area contributed by atoms with Crippen LogP contribution >= 0.6 is 0 Å². The Morgan fingerprint density at radius 1 is 1.39 bits per heavy atom. The number of rotatable bonds is 3. The van der Waals surface area contributed by atoms with Gasteiger partial charge in [0.05, 0.1) is 4.92 Å². The van der Waals surface area contributed by atoms with Crippen LogP contribution in [0.15, 0.2) is 18.2 Å². The quantitative estimate of drug-likeness (QED) is 0.640. The van der Waals surface area contributed by atoms with Crippen molar-refractivity contribution < 1.29 is 9.31 Å². The zero-order valence-electron chi connectivity index (χ0n) is 9.99. The van der Waals surface area contributed by atoms with Crippen LogP contribution in [0, 0.1) is 15.9 Å². The summed E-state index contributed by atoms with van der Waals surface area (Å²) in [5, 5.41) is 17.2. The first-order valence-corrected chi connectivity index (χ1v) is 6.08. The minimum Gasteiger partial charge on any atom is -0.377 e. The molecule has 1 aromatic carbocycles. The largest absolute Gasteiger partial charge is 0.377 e. The molecule has 0 radical (unpaired) electrons. The van der Waals surface area contributed by atoms with Crippen molar-refractivity contribution in [1.82, 2.24) is 5.32 Å². The molecule has 1 saturated heterocycles. The summed E-state index contributed by atoms with van der Waals surface area (Å²) >= 11 is 0. The lowest BCUT2D eigenvalue weighted by atomic mass is 10.1. The third kappa shape index (κ3) is 2.95. The monoisotopic (exact) mass is 253 g/mol. The van der Waals surface area contributed by atoms with Crippen LogP contribution in [0.1, 0.15) is 19.3 Å². The maximum absolute atomic E-state index is 13.4. The van der Waals surface area contributed by atoms with Crippen LogP contribution in [0.3, 0.4) is 0 Å². The minimum absolute atomic E-state index is 0.153. The van der Waals surface area contributed by atoms with Gasteiger partial charge < -0.3 is 10.6 Å². The molecule has 18 heavy (non-hydrogen) atoms. The molecular formula is C12H16FN3O2. The van der Waals surface area contributed by atoms with E-state index in [2.05, 4.69) is 10.6 Å². The van der Waals surface area contributed by atoms with Gasteiger partial charge in [-0.25, -0.2) is 0 Å². The molecule has 1 unspecified atom stereocenters. The van der Waals surface area contributed by atoms with Gasteiger partial charge in [0.2, 0.25) is 5.82 Å². The van der Waals surface area contributed by atoms with Gasteiger partial charge in [-0.05, 0) is 44.5 Å². The summed E-state index contributed by atoms with van der Waals surface area (Å²) in [7, 11) is 0. The van der Waals surface area contributed by atoms with Crippen LogP contribution in [-0.4, -0.2) is 24.1 Å². The van der Waals surface area contributed by atoms with E-state index >= 15 is 0 Å². The van der Waals surface area contributed by atoms with Gasteiger partial charge in [-0.15, -0.1) is 0 Å². The highest BCUT2D eigenvalue weighted by Gasteiger charge is 2.22. The summed E-state index contributed by atoms with van der Waals surface area (Å²) in [4.78, 5) is 10.2. The molecule has 1 aliphatic heterocycles. The number of hydrogen-bond acceptors (Lipinski definition) is 4. The molecule has 0 saturated carbocycles. The van der Waals surface area contributed by atoms with Gasteiger partial charge in [0.15, 0.2) is 0 Å². The van der Waals surface area contributed by atoms with E-state index in [1.54, 1.807) is 6.07 Å². The number of nitrogens with zero attached hydrogens (tertiary/aromatic N) is 1. The summed E-state index contributed by atoms with van der Waals surface area (Å²) in [6, 6.07) is 4.30. The number of hydrogen-bond donors (Lipinski definition) is 2. The van der Waals surface area contributed by atoms with Gasteiger partial charge in [-0.3, -0.25) is 10.1 Å². The van der Waals surface area contributed by atoms with Gasteiger partial charge in [-0.2, -0.15) is 4.39 Å². The van der Waals surface area contributed by atoms with Gasteiger partial charge in [-0.1, -0.05) is 6.07 Å². The first-order chi connectivity index (χ1) is 8.68.